The Bertz CT molecular complexity index is 825. The first kappa shape index (κ1) is 18.3. The number of halogens is 4. The predicted octanol–water partition coefficient (Wildman–Crippen LogP) is 4.50. The van der Waals surface area contributed by atoms with Crippen molar-refractivity contribution in [1.82, 2.24) is 15.0 Å². The van der Waals surface area contributed by atoms with Crippen LogP contribution in [0.25, 0.3) is 0 Å². The second kappa shape index (κ2) is 7.14. The number of nitrogens with one attached hydrogen (secondary N) is 1. The molecule has 1 saturated carbocycles. The SMILES string of the molecule is FC(F)(F)c1cnc(N2CCCC(Nc3ccnc(C4CC4)n3)C2)c(Cl)c1. The number of pyridine rings is 1. The van der Waals surface area contributed by atoms with Gasteiger partial charge in [0, 0.05) is 37.4 Å². The molecule has 1 aliphatic heterocycles. The molecule has 9 heteroatoms. The van der Waals surface area contributed by atoms with Gasteiger partial charge in [0.2, 0.25) is 0 Å². The van der Waals surface area contributed by atoms with Crippen molar-refractivity contribution in [3.63, 3.8) is 0 Å². The zero-order chi connectivity index (χ0) is 19.0. The number of nitrogens with zero attached hydrogens (tertiary/aromatic N) is 4. The molecule has 1 N–H and O–H groups in total. The summed E-state index contributed by atoms with van der Waals surface area (Å²) in [5, 5.41) is 3.43. The average Bonchev–Trinajstić information content (AvgIpc) is 3.46. The van der Waals surface area contributed by atoms with E-state index in [1.165, 1.54) is 0 Å². The number of aromatic nitrogens is 3. The van der Waals surface area contributed by atoms with Crippen LogP contribution < -0.4 is 10.2 Å². The number of anilines is 2. The normalized spacial score (nSPS) is 20.6. The molecular weight excluding hydrogens is 379 g/mol. The van der Waals surface area contributed by atoms with E-state index in [-0.39, 0.29) is 11.1 Å². The summed E-state index contributed by atoms with van der Waals surface area (Å²) in [6.45, 7) is 1.30. The lowest BCUT2D eigenvalue weighted by atomic mass is 10.1. The van der Waals surface area contributed by atoms with Crippen molar-refractivity contribution >= 4 is 23.2 Å². The summed E-state index contributed by atoms with van der Waals surface area (Å²) in [5.74, 6) is 2.52. The predicted molar refractivity (Wildman–Crippen MR) is 97.1 cm³/mol. The van der Waals surface area contributed by atoms with Crippen LogP contribution in [-0.2, 0) is 6.18 Å². The molecule has 3 heterocycles. The van der Waals surface area contributed by atoms with Crippen LogP contribution in [0.1, 0.15) is 43.0 Å². The third-order valence-corrected chi connectivity index (χ3v) is 5.12. The van der Waals surface area contributed by atoms with E-state index in [0.717, 1.165) is 49.6 Å². The highest BCUT2D eigenvalue weighted by Gasteiger charge is 2.32. The molecule has 1 atom stereocenters. The molecule has 144 valence electrons. The van der Waals surface area contributed by atoms with Crippen molar-refractivity contribution in [3.8, 4) is 0 Å². The molecule has 0 amide bonds. The van der Waals surface area contributed by atoms with E-state index in [1.54, 1.807) is 6.20 Å². The van der Waals surface area contributed by atoms with Gasteiger partial charge in [0.25, 0.3) is 0 Å². The first-order valence-corrected chi connectivity index (χ1v) is 9.35. The molecule has 1 aliphatic carbocycles. The van der Waals surface area contributed by atoms with Gasteiger partial charge < -0.3 is 10.2 Å². The Labute approximate surface area is 160 Å². The van der Waals surface area contributed by atoms with E-state index in [9.17, 15) is 13.2 Å². The van der Waals surface area contributed by atoms with Crippen LogP contribution in [0, 0.1) is 0 Å². The molecular formula is C18H19ClF3N5. The molecule has 0 spiro atoms. The topological polar surface area (TPSA) is 53.9 Å². The zero-order valence-corrected chi connectivity index (χ0v) is 15.3. The third-order valence-electron chi connectivity index (χ3n) is 4.84. The first-order chi connectivity index (χ1) is 12.9. The van der Waals surface area contributed by atoms with Gasteiger partial charge in [-0.1, -0.05) is 11.6 Å². The van der Waals surface area contributed by atoms with Gasteiger partial charge in [0.15, 0.2) is 0 Å². The van der Waals surface area contributed by atoms with Gasteiger partial charge in [-0.25, -0.2) is 15.0 Å². The quantitative estimate of drug-likeness (QED) is 0.823. The third kappa shape index (κ3) is 4.26. The van der Waals surface area contributed by atoms with Gasteiger partial charge >= 0.3 is 6.18 Å². The number of rotatable bonds is 4. The molecule has 0 aromatic carbocycles. The van der Waals surface area contributed by atoms with Crippen molar-refractivity contribution in [2.24, 2.45) is 0 Å². The molecule has 2 aliphatic rings. The van der Waals surface area contributed by atoms with Gasteiger partial charge in [-0.15, -0.1) is 0 Å². The van der Waals surface area contributed by atoms with Crippen molar-refractivity contribution in [3.05, 3.63) is 40.9 Å². The molecule has 2 aromatic heterocycles. The molecule has 0 radical (unpaired) electrons. The van der Waals surface area contributed by atoms with Crippen molar-refractivity contribution in [1.29, 1.82) is 0 Å². The molecule has 4 rings (SSSR count). The summed E-state index contributed by atoms with van der Waals surface area (Å²) in [6, 6.07) is 2.89. The van der Waals surface area contributed by atoms with E-state index in [2.05, 4.69) is 20.3 Å². The standard InChI is InChI=1S/C18H19ClF3N5/c19-14-8-12(18(20,21)22)9-24-17(14)27-7-1-2-13(10-27)25-15-5-6-23-16(26-15)11-3-4-11/h5-6,8-9,11,13H,1-4,7,10H2,(H,23,25,26). The lowest BCUT2D eigenvalue weighted by Gasteiger charge is -2.34. The van der Waals surface area contributed by atoms with Crippen LogP contribution in [-0.4, -0.2) is 34.1 Å². The largest absolute Gasteiger partial charge is 0.417 e. The number of hydrogen-bond donors (Lipinski definition) is 1. The molecule has 27 heavy (non-hydrogen) atoms. The van der Waals surface area contributed by atoms with E-state index in [1.807, 2.05) is 11.0 Å². The lowest BCUT2D eigenvalue weighted by molar-refractivity contribution is -0.137. The van der Waals surface area contributed by atoms with Gasteiger partial charge in [0.1, 0.15) is 17.5 Å². The molecule has 5 nitrogen and oxygen atoms in total. The Morgan fingerprint density at radius 2 is 2.00 bits per heavy atom. The van der Waals surface area contributed by atoms with E-state index in [0.29, 0.717) is 24.8 Å². The van der Waals surface area contributed by atoms with Crippen molar-refractivity contribution < 1.29 is 13.2 Å². The van der Waals surface area contributed by atoms with E-state index in [4.69, 9.17) is 11.6 Å². The van der Waals surface area contributed by atoms with Gasteiger partial charge in [0.05, 0.1) is 10.6 Å². The summed E-state index contributed by atoms with van der Waals surface area (Å²) in [6.07, 6.45) is 2.25. The number of piperidine rings is 1. The van der Waals surface area contributed by atoms with Crippen LogP contribution in [0.15, 0.2) is 24.5 Å². The summed E-state index contributed by atoms with van der Waals surface area (Å²) < 4.78 is 38.4. The minimum atomic E-state index is -4.45. The van der Waals surface area contributed by atoms with Gasteiger partial charge in [-0.2, -0.15) is 13.2 Å². The summed E-state index contributed by atoms with van der Waals surface area (Å²) in [7, 11) is 0. The Morgan fingerprint density at radius 3 is 2.70 bits per heavy atom. The van der Waals surface area contributed by atoms with Crippen LogP contribution >= 0.6 is 11.6 Å². The average molecular weight is 398 g/mol. The highest BCUT2D eigenvalue weighted by Crippen LogP contribution is 2.38. The fourth-order valence-electron chi connectivity index (χ4n) is 3.31. The van der Waals surface area contributed by atoms with Gasteiger partial charge in [-0.3, -0.25) is 0 Å². The van der Waals surface area contributed by atoms with Crippen LogP contribution in [0.2, 0.25) is 5.02 Å². The number of hydrogen-bond acceptors (Lipinski definition) is 5. The smallest absolute Gasteiger partial charge is 0.365 e. The second-order valence-corrected chi connectivity index (χ2v) is 7.44. The van der Waals surface area contributed by atoms with Crippen molar-refractivity contribution in [2.75, 3.05) is 23.3 Å². The highest BCUT2D eigenvalue weighted by molar-refractivity contribution is 6.33. The van der Waals surface area contributed by atoms with Gasteiger partial charge in [-0.05, 0) is 37.8 Å². The maximum absolute atomic E-state index is 12.8. The minimum Gasteiger partial charge on any atom is -0.365 e. The summed E-state index contributed by atoms with van der Waals surface area (Å²) in [5.41, 5.74) is -0.837. The first-order valence-electron chi connectivity index (χ1n) is 8.97. The molecule has 1 saturated heterocycles. The molecule has 2 fully saturated rings. The number of alkyl halides is 3. The minimum absolute atomic E-state index is 0.0172. The van der Waals surface area contributed by atoms with E-state index < -0.39 is 11.7 Å². The van der Waals surface area contributed by atoms with Crippen LogP contribution in [0.4, 0.5) is 24.8 Å². The maximum Gasteiger partial charge on any atom is 0.417 e. The Balaban J connectivity index is 1.46. The summed E-state index contributed by atoms with van der Waals surface area (Å²) >= 11 is 6.09. The maximum atomic E-state index is 12.8. The second-order valence-electron chi connectivity index (χ2n) is 7.03. The molecule has 1 unspecified atom stereocenters. The Hall–Kier alpha value is -2.09. The highest BCUT2D eigenvalue weighted by atomic mass is 35.5. The fourth-order valence-corrected chi connectivity index (χ4v) is 3.59. The summed E-state index contributed by atoms with van der Waals surface area (Å²) in [4.78, 5) is 14.8. The zero-order valence-electron chi connectivity index (χ0n) is 14.5. The van der Waals surface area contributed by atoms with Crippen LogP contribution in [0.3, 0.4) is 0 Å². The fraction of sp³-hybridized carbons (Fsp3) is 0.500. The molecule has 2 aromatic rings. The monoisotopic (exact) mass is 397 g/mol. The lowest BCUT2D eigenvalue weighted by Crippen LogP contribution is -2.42. The van der Waals surface area contributed by atoms with Crippen molar-refractivity contribution in [2.45, 2.75) is 43.8 Å². The van der Waals surface area contributed by atoms with E-state index >= 15 is 0 Å². The molecule has 0 bridgehead atoms. The Morgan fingerprint density at radius 1 is 1.19 bits per heavy atom. The Kier molecular flexibility index (Phi) is 4.84. The van der Waals surface area contributed by atoms with Crippen LogP contribution in [0.5, 0.6) is 0 Å².